The predicted molar refractivity (Wildman–Crippen MR) is 88.9 cm³/mol. The highest BCUT2D eigenvalue weighted by Crippen LogP contribution is 2.32. The van der Waals surface area contributed by atoms with Gasteiger partial charge in [0.05, 0.1) is 0 Å². The Balaban J connectivity index is 1.85. The van der Waals surface area contributed by atoms with Gasteiger partial charge in [0, 0.05) is 37.5 Å². The number of aryl methyl sites for hydroxylation is 1. The Morgan fingerprint density at radius 3 is 2.62 bits per heavy atom. The van der Waals surface area contributed by atoms with E-state index < -0.39 is 12.0 Å². The number of halogens is 2. The van der Waals surface area contributed by atoms with Gasteiger partial charge in [-0.15, -0.1) is 0 Å². The van der Waals surface area contributed by atoms with Crippen LogP contribution < -0.4 is 5.32 Å². The van der Waals surface area contributed by atoms with Crippen LogP contribution in [0.1, 0.15) is 31.7 Å². The lowest BCUT2D eigenvalue weighted by atomic mass is 9.98. The van der Waals surface area contributed by atoms with E-state index in [1.807, 2.05) is 12.1 Å². The molecule has 0 aromatic heterocycles. The molecule has 0 radical (unpaired) electrons. The quantitative estimate of drug-likeness (QED) is 0.838. The SMILES string of the molecule is C=CC(=O)Nc1ccc(CCC(=O)N2CCC(F)(F)CC2C)cc1. The summed E-state index contributed by atoms with van der Waals surface area (Å²) in [5.41, 5.74) is 1.61. The molecule has 0 bridgehead atoms. The highest BCUT2D eigenvalue weighted by Gasteiger charge is 2.39. The van der Waals surface area contributed by atoms with E-state index in [1.54, 1.807) is 24.0 Å². The number of carbonyl (C=O) groups excluding carboxylic acids is 2. The third-order valence-corrected chi connectivity index (χ3v) is 4.20. The van der Waals surface area contributed by atoms with Gasteiger partial charge in [-0.1, -0.05) is 18.7 Å². The zero-order chi connectivity index (χ0) is 17.7. The second-order valence-electron chi connectivity index (χ2n) is 6.14. The molecule has 1 N–H and O–H groups in total. The van der Waals surface area contributed by atoms with Crippen LogP contribution in [0.5, 0.6) is 0 Å². The van der Waals surface area contributed by atoms with E-state index in [0.717, 1.165) is 5.56 Å². The monoisotopic (exact) mass is 336 g/mol. The summed E-state index contributed by atoms with van der Waals surface area (Å²) in [7, 11) is 0. The van der Waals surface area contributed by atoms with Crippen LogP contribution in [0.15, 0.2) is 36.9 Å². The molecule has 1 fully saturated rings. The van der Waals surface area contributed by atoms with Crippen LogP contribution in [0.25, 0.3) is 0 Å². The van der Waals surface area contributed by atoms with Crippen molar-refractivity contribution in [2.75, 3.05) is 11.9 Å². The smallest absolute Gasteiger partial charge is 0.251 e. The Morgan fingerprint density at radius 1 is 1.38 bits per heavy atom. The van der Waals surface area contributed by atoms with Gasteiger partial charge in [0.2, 0.25) is 11.8 Å². The molecule has 1 unspecified atom stereocenters. The van der Waals surface area contributed by atoms with Crippen LogP contribution in [-0.2, 0) is 16.0 Å². The summed E-state index contributed by atoms with van der Waals surface area (Å²) >= 11 is 0. The van der Waals surface area contributed by atoms with Crippen molar-refractivity contribution in [3.05, 3.63) is 42.5 Å². The second kappa shape index (κ2) is 7.55. The van der Waals surface area contributed by atoms with Gasteiger partial charge in [-0.25, -0.2) is 8.78 Å². The number of piperidine rings is 1. The number of carbonyl (C=O) groups is 2. The number of likely N-dealkylation sites (tertiary alicyclic amines) is 1. The van der Waals surface area contributed by atoms with Crippen molar-refractivity contribution in [2.24, 2.45) is 0 Å². The lowest BCUT2D eigenvalue weighted by molar-refractivity contribution is -0.142. The summed E-state index contributed by atoms with van der Waals surface area (Å²) in [6.07, 6.45) is 1.48. The van der Waals surface area contributed by atoms with Gasteiger partial charge >= 0.3 is 0 Å². The molecule has 1 aromatic carbocycles. The molecule has 0 spiro atoms. The fourth-order valence-corrected chi connectivity index (χ4v) is 2.86. The van der Waals surface area contributed by atoms with Crippen molar-refractivity contribution in [1.82, 2.24) is 4.90 Å². The Kier molecular flexibility index (Phi) is 5.70. The highest BCUT2D eigenvalue weighted by atomic mass is 19.3. The number of hydrogen-bond acceptors (Lipinski definition) is 2. The molecule has 1 aliphatic rings. The molecule has 1 saturated heterocycles. The number of hydrogen-bond donors (Lipinski definition) is 1. The van der Waals surface area contributed by atoms with Crippen LogP contribution >= 0.6 is 0 Å². The number of benzene rings is 1. The normalized spacial score (nSPS) is 19.6. The molecule has 130 valence electrons. The summed E-state index contributed by atoms with van der Waals surface area (Å²) < 4.78 is 26.6. The predicted octanol–water partition coefficient (Wildman–Crippen LogP) is 3.39. The van der Waals surface area contributed by atoms with Gasteiger partial charge < -0.3 is 10.2 Å². The first kappa shape index (κ1) is 18.1. The molecule has 1 aromatic rings. The van der Waals surface area contributed by atoms with E-state index in [-0.39, 0.29) is 37.6 Å². The molecule has 0 saturated carbocycles. The Labute approximate surface area is 140 Å². The van der Waals surface area contributed by atoms with Crippen LogP contribution in [0, 0.1) is 0 Å². The number of amides is 2. The largest absolute Gasteiger partial charge is 0.340 e. The van der Waals surface area contributed by atoms with Crippen molar-refractivity contribution < 1.29 is 18.4 Å². The van der Waals surface area contributed by atoms with Gasteiger partial charge in [0.15, 0.2) is 0 Å². The van der Waals surface area contributed by atoms with Crippen molar-refractivity contribution in [3.8, 4) is 0 Å². The van der Waals surface area contributed by atoms with Gasteiger partial charge in [-0.2, -0.15) is 0 Å². The van der Waals surface area contributed by atoms with Gasteiger partial charge in [0.1, 0.15) is 0 Å². The zero-order valence-corrected chi connectivity index (χ0v) is 13.7. The fourth-order valence-electron chi connectivity index (χ4n) is 2.86. The number of nitrogens with one attached hydrogen (secondary N) is 1. The molecule has 0 aliphatic carbocycles. The van der Waals surface area contributed by atoms with Crippen molar-refractivity contribution in [3.63, 3.8) is 0 Å². The van der Waals surface area contributed by atoms with Crippen LogP contribution in [-0.4, -0.2) is 35.2 Å². The van der Waals surface area contributed by atoms with Crippen LogP contribution in [0.3, 0.4) is 0 Å². The van der Waals surface area contributed by atoms with Gasteiger partial charge in [-0.3, -0.25) is 9.59 Å². The summed E-state index contributed by atoms with van der Waals surface area (Å²) in [6.45, 7) is 5.16. The van der Waals surface area contributed by atoms with E-state index in [1.165, 1.54) is 6.08 Å². The zero-order valence-electron chi connectivity index (χ0n) is 13.7. The molecule has 4 nitrogen and oxygen atoms in total. The lowest BCUT2D eigenvalue weighted by Crippen LogP contribution is -2.48. The summed E-state index contributed by atoms with van der Waals surface area (Å²) in [5, 5.41) is 2.65. The maximum absolute atomic E-state index is 13.3. The van der Waals surface area contributed by atoms with E-state index in [9.17, 15) is 18.4 Å². The van der Waals surface area contributed by atoms with E-state index in [4.69, 9.17) is 0 Å². The molecule has 1 atom stereocenters. The van der Waals surface area contributed by atoms with Crippen molar-refractivity contribution in [1.29, 1.82) is 0 Å². The van der Waals surface area contributed by atoms with Crippen molar-refractivity contribution >= 4 is 17.5 Å². The average molecular weight is 336 g/mol. The number of nitrogens with zero attached hydrogens (tertiary/aromatic N) is 1. The Bertz CT molecular complexity index is 614. The fraction of sp³-hybridized carbons (Fsp3) is 0.444. The maximum Gasteiger partial charge on any atom is 0.251 e. The molecule has 1 aliphatic heterocycles. The van der Waals surface area contributed by atoms with Crippen LogP contribution in [0.4, 0.5) is 14.5 Å². The highest BCUT2D eigenvalue weighted by molar-refractivity contribution is 5.98. The molecule has 6 heteroatoms. The topological polar surface area (TPSA) is 49.4 Å². The third kappa shape index (κ3) is 4.88. The van der Waals surface area contributed by atoms with Crippen molar-refractivity contribution in [2.45, 2.75) is 44.6 Å². The van der Waals surface area contributed by atoms with E-state index in [2.05, 4.69) is 11.9 Å². The maximum atomic E-state index is 13.3. The lowest BCUT2D eigenvalue weighted by Gasteiger charge is -2.37. The third-order valence-electron chi connectivity index (χ3n) is 4.20. The van der Waals surface area contributed by atoms with Gasteiger partial charge in [0.25, 0.3) is 5.92 Å². The first-order valence-electron chi connectivity index (χ1n) is 8.00. The molecule has 24 heavy (non-hydrogen) atoms. The van der Waals surface area contributed by atoms with E-state index in [0.29, 0.717) is 12.1 Å². The second-order valence-corrected chi connectivity index (χ2v) is 6.14. The Hall–Kier alpha value is -2.24. The minimum absolute atomic E-state index is 0.0953. The summed E-state index contributed by atoms with van der Waals surface area (Å²) in [4.78, 5) is 25.0. The number of rotatable bonds is 5. The molecule has 1 heterocycles. The minimum atomic E-state index is -2.66. The molecular formula is C18H22F2N2O2. The summed E-state index contributed by atoms with van der Waals surface area (Å²) in [6, 6.07) is 6.74. The number of alkyl halides is 2. The first-order chi connectivity index (χ1) is 11.3. The standard InChI is InChI=1S/C18H22F2N2O2/c1-3-16(23)21-15-7-4-14(5-8-15)6-9-17(24)22-11-10-18(19,20)12-13(22)2/h3-5,7-8,13H,1,6,9-12H2,2H3,(H,21,23). The molecular weight excluding hydrogens is 314 g/mol. The van der Waals surface area contributed by atoms with E-state index >= 15 is 0 Å². The minimum Gasteiger partial charge on any atom is -0.340 e. The summed E-state index contributed by atoms with van der Waals surface area (Å²) in [5.74, 6) is -3.04. The van der Waals surface area contributed by atoms with Crippen LogP contribution in [0.2, 0.25) is 0 Å². The van der Waals surface area contributed by atoms with Gasteiger partial charge in [-0.05, 0) is 37.1 Å². The Morgan fingerprint density at radius 2 is 2.04 bits per heavy atom. The molecule has 2 rings (SSSR count). The number of anilines is 1. The first-order valence-corrected chi connectivity index (χ1v) is 8.00. The molecule has 2 amide bonds. The average Bonchev–Trinajstić information content (AvgIpc) is 2.53.